The minimum atomic E-state index is 0.782. The van der Waals surface area contributed by atoms with Gasteiger partial charge in [-0.15, -0.1) is 0 Å². The zero-order chi connectivity index (χ0) is 11.5. The summed E-state index contributed by atoms with van der Waals surface area (Å²) in [5, 5.41) is 8.98. The molecule has 0 aliphatic heterocycles. The molecule has 1 heterocycles. The fourth-order valence-electron chi connectivity index (χ4n) is 1.87. The van der Waals surface area contributed by atoms with E-state index >= 15 is 0 Å². The van der Waals surface area contributed by atoms with E-state index in [9.17, 15) is 0 Å². The van der Waals surface area contributed by atoms with Gasteiger partial charge in [0, 0.05) is 11.9 Å². The summed E-state index contributed by atoms with van der Waals surface area (Å²) in [7, 11) is 1.94. The van der Waals surface area contributed by atoms with Gasteiger partial charge >= 0.3 is 0 Å². The first-order valence-corrected chi connectivity index (χ1v) is 5.46. The van der Waals surface area contributed by atoms with Crippen LogP contribution in [0.2, 0.25) is 0 Å². The van der Waals surface area contributed by atoms with Crippen molar-refractivity contribution < 1.29 is 0 Å². The van der Waals surface area contributed by atoms with Crippen LogP contribution in [0.15, 0.2) is 36.4 Å². The smallest absolute Gasteiger partial charge is 0.0841 e. The van der Waals surface area contributed by atoms with Crippen LogP contribution in [-0.4, -0.2) is 16.8 Å². The predicted molar refractivity (Wildman–Crippen MR) is 67.3 cm³/mol. The largest absolute Gasteiger partial charge is 0.314 e. The van der Waals surface area contributed by atoms with E-state index in [4.69, 9.17) is 0 Å². The molecule has 2 rings (SSSR count). The normalized spacial score (nSPS) is 10.9. The van der Waals surface area contributed by atoms with E-state index in [0.29, 0.717) is 0 Å². The van der Waals surface area contributed by atoms with Gasteiger partial charge in [-0.25, -0.2) is 0 Å². The summed E-state index contributed by atoms with van der Waals surface area (Å²) < 4.78 is 2.02. The van der Waals surface area contributed by atoms with E-state index in [1.54, 1.807) is 0 Å². The van der Waals surface area contributed by atoms with Crippen LogP contribution in [-0.2, 0) is 13.1 Å². The first kappa shape index (κ1) is 10.9. The highest BCUT2D eigenvalue weighted by Gasteiger charge is 2.08. The Balaban J connectivity index is 2.52. The summed E-state index contributed by atoms with van der Waals surface area (Å²) in [6.45, 7) is 7.54. The van der Waals surface area contributed by atoms with Crippen LogP contribution < -0.4 is 5.32 Å². The van der Waals surface area contributed by atoms with Crippen molar-refractivity contribution in [2.45, 2.75) is 20.0 Å². The van der Waals surface area contributed by atoms with Crippen molar-refractivity contribution in [3.8, 4) is 0 Å². The molecule has 0 saturated heterocycles. The Labute approximate surface area is 95.8 Å². The molecule has 1 N–H and O–H groups in total. The molecular weight excluding hydrogens is 198 g/mol. The lowest BCUT2D eigenvalue weighted by molar-refractivity contribution is 0.671. The van der Waals surface area contributed by atoms with Gasteiger partial charge in [0.2, 0.25) is 0 Å². The fourth-order valence-corrected chi connectivity index (χ4v) is 1.87. The molecule has 3 heteroatoms. The van der Waals surface area contributed by atoms with Crippen molar-refractivity contribution in [1.82, 2.24) is 15.1 Å². The molecule has 0 amide bonds. The number of nitrogens with zero attached hydrogens (tertiary/aromatic N) is 2. The molecule has 2 aromatic rings. The molecule has 0 aliphatic carbocycles. The number of hydrogen-bond acceptors (Lipinski definition) is 2. The van der Waals surface area contributed by atoms with E-state index in [0.717, 1.165) is 24.4 Å². The van der Waals surface area contributed by atoms with E-state index in [1.807, 2.05) is 30.8 Å². The van der Waals surface area contributed by atoms with Crippen molar-refractivity contribution in [2.24, 2.45) is 0 Å². The molecule has 0 radical (unpaired) electrons. The van der Waals surface area contributed by atoms with Crippen LogP contribution in [0.25, 0.3) is 10.9 Å². The van der Waals surface area contributed by atoms with Crippen LogP contribution in [0.3, 0.4) is 0 Å². The molecule has 0 unspecified atom stereocenters. The number of benzene rings is 1. The second-order valence-corrected chi connectivity index (χ2v) is 4.11. The summed E-state index contributed by atoms with van der Waals surface area (Å²) in [6.07, 6.45) is 0. The van der Waals surface area contributed by atoms with E-state index in [1.165, 1.54) is 10.9 Å². The number of hydrogen-bond donors (Lipinski definition) is 1. The Morgan fingerprint density at radius 3 is 2.88 bits per heavy atom. The van der Waals surface area contributed by atoms with E-state index < -0.39 is 0 Å². The van der Waals surface area contributed by atoms with Crippen LogP contribution >= 0.6 is 0 Å². The monoisotopic (exact) mass is 215 g/mol. The second-order valence-electron chi connectivity index (χ2n) is 4.11. The minimum absolute atomic E-state index is 0.782. The van der Waals surface area contributed by atoms with E-state index in [-0.39, 0.29) is 0 Å². The van der Waals surface area contributed by atoms with Crippen LogP contribution in [0.1, 0.15) is 12.6 Å². The third-order valence-electron chi connectivity index (χ3n) is 2.50. The molecular formula is C13H17N3. The maximum Gasteiger partial charge on any atom is 0.0841 e. The molecule has 3 nitrogen and oxygen atoms in total. The molecule has 16 heavy (non-hydrogen) atoms. The summed E-state index contributed by atoms with van der Waals surface area (Å²) in [5.41, 5.74) is 3.39. The highest BCUT2D eigenvalue weighted by Crippen LogP contribution is 2.18. The Kier molecular flexibility index (Phi) is 3.06. The average Bonchev–Trinajstić information content (AvgIpc) is 2.58. The highest BCUT2D eigenvalue weighted by atomic mass is 15.3. The predicted octanol–water partition coefficient (Wildman–Crippen LogP) is 2.33. The van der Waals surface area contributed by atoms with Crippen molar-refractivity contribution in [3.05, 3.63) is 42.1 Å². The van der Waals surface area contributed by atoms with Crippen molar-refractivity contribution in [3.63, 3.8) is 0 Å². The number of rotatable bonds is 4. The highest BCUT2D eigenvalue weighted by molar-refractivity contribution is 5.81. The maximum atomic E-state index is 4.61. The number of para-hydroxylation sites is 1. The second kappa shape index (κ2) is 4.49. The van der Waals surface area contributed by atoms with Gasteiger partial charge < -0.3 is 5.32 Å². The van der Waals surface area contributed by atoms with Gasteiger partial charge in [0.05, 0.1) is 17.8 Å². The van der Waals surface area contributed by atoms with Crippen molar-refractivity contribution in [2.75, 3.05) is 7.05 Å². The Hall–Kier alpha value is -1.61. The minimum Gasteiger partial charge on any atom is -0.314 e. The zero-order valence-corrected chi connectivity index (χ0v) is 9.83. The quantitative estimate of drug-likeness (QED) is 0.793. The fraction of sp³-hybridized carbons (Fsp3) is 0.308. The van der Waals surface area contributed by atoms with Gasteiger partial charge in [-0.1, -0.05) is 30.4 Å². The van der Waals surface area contributed by atoms with Crippen molar-refractivity contribution >= 4 is 10.9 Å². The molecule has 0 saturated carbocycles. The zero-order valence-electron chi connectivity index (χ0n) is 9.83. The number of fused-ring (bicyclic) bond motifs is 1. The number of nitrogens with one attached hydrogen (secondary N) is 1. The van der Waals surface area contributed by atoms with Crippen LogP contribution in [0.5, 0.6) is 0 Å². The van der Waals surface area contributed by atoms with Gasteiger partial charge in [-0.2, -0.15) is 5.10 Å². The Bertz CT molecular complexity index is 511. The molecule has 0 spiro atoms. The lowest BCUT2D eigenvalue weighted by Crippen LogP contribution is -2.07. The molecule has 0 fully saturated rings. The molecule has 0 atom stereocenters. The summed E-state index contributed by atoms with van der Waals surface area (Å²) in [6, 6.07) is 8.31. The van der Waals surface area contributed by atoms with Crippen molar-refractivity contribution in [1.29, 1.82) is 0 Å². The first-order valence-electron chi connectivity index (χ1n) is 5.46. The van der Waals surface area contributed by atoms with Gasteiger partial charge in [-0.05, 0) is 20.0 Å². The molecule has 0 bridgehead atoms. The average molecular weight is 215 g/mol. The maximum absolute atomic E-state index is 4.61. The van der Waals surface area contributed by atoms with Gasteiger partial charge in [0.25, 0.3) is 0 Å². The number of aromatic nitrogens is 2. The van der Waals surface area contributed by atoms with Gasteiger partial charge in [0.15, 0.2) is 0 Å². The lowest BCUT2D eigenvalue weighted by atomic mass is 10.2. The van der Waals surface area contributed by atoms with Crippen LogP contribution in [0, 0.1) is 0 Å². The molecule has 0 aliphatic rings. The molecule has 1 aromatic heterocycles. The topological polar surface area (TPSA) is 29.9 Å². The van der Waals surface area contributed by atoms with Crippen LogP contribution in [0.4, 0.5) is 0 Å². The lowest BCUT2D eigenvalue weighted by Gasteiger charge is -2.01. The third kappa shape index (κ3) is 1.99. The standard InChI is InChI=1S/C13H17N3/c1-10(2)9-16-13-7-5-4-6-11(13)12(15-16)8-14-3/h4-7,14H,1,8-9H2,2-3H3. The van der Waals surface area contributed by atoms with Gasteiger partial charge in [-0.3, -0.25) is 4.68 Å². The summed E-state index contributed by atoms with van der Waals surface area (Å²) in [5.74, 6) is 0. The van der Waals surface area contributed by atoms with Gasteiger partial charge in [0.1, 0.15) is 0 Å². The molecule has 84 valence electrons. The third-order valence-corrected chi connectivity index (χ3v) is 2.50. The molecule has 1 aromatic carbocycles. The summed E-state index contributed by atoms with van der Waals surface area (Å²) in [4.78, 5) is 0. The van der Waals surface area contributed by atoms with E-state index in [2.05, 4.69) is 29.1 Å². The Morgan fingerprint density at radius 1 is 1.44 bits per heavy atom. The summed E-state index contributed by atoms with van der Waals surface area (Å²) >= 11 is 0. The SMILES string of the molecule is C=C(C)Cn1nc(CNC)c2ccccc21. The Morgan fingerprint density at radius 2 is 2.19 bits per heavy atom. The number of allylic oxidation sites excluding steroid dienone is 1. The first-order chi connectivity index (χ1) is 7.72.